The highest BCUT2D eigenvalue weighted by Gasteiger charge is 2.36. The standard InChI is InChI=1S/C16H27N5O4S/c1-10(16(2,3)9-19-26(5,23)24)20-14-11(15(17)22)8-18-21-12(14)6-7-13(21)25-4/h6,8,10,13,18-19H,7,9H2,1-5H3,(H2,17,22)/t10-,13?/m1/s1. The highest BCUT2D eigenvalue weighted by atomic mass is 32.2. The van der Waals surface area contributed by atoms with Gasteiger partial charge in [-0.2, -0.15) is 0 Å². The van der Waals surface area contributed by atoms with E-state index in [9.17, 15) is 13.2 Å². The number of aliphatic imine (C=N–C) groups is 1. The van der Waals surface area contributed by atoms with E-state index in [1.807, 2.05) is 26.8 Å². The fourth-order valence-corrected chi connectivity index (χ4v) is 3.27. The summed E-state index contributed by atoms with van der Waals surface area (Å²) in [5.74, 6) is -0.586. The predicted molar refractivity (Wildman–Crippen MR) is 99.3 cm³/mol. The zero-order valence-corrected chi connectivity index (χ0v) is 16.6. The Hall–Kier alpha value is -1.91. The van der Waals surface area contributed by atoms with Crippen LogP contribution in [0.5, 0.6) is 0 Å². The molecule has 146 valence electrons. The lowest BCUT2D eigenvalue weighted by atomic mass is 9.85. The molecule has 0 aromatic heterocycles. The number of primary amides is 1. The van der Waals surface area contributed by atoms with Crippen molar-refractivity contribution in [1.82, 2.24) is 15.2 Å². The molecule has 2 heterocycles. The third-order valence-electron chi connectivity index (χ3n) is 4.69. The minimum absolute atomic E-state index is 0.198. The number of methoxy groups -OCH3 is 1. The maximum Gasteiger partial charge on any atom is 0.252 e. The van der Waals surface area contributed by atoms with Crippen molar-refractivity contribution >= 4 is 21.6 Å². The van der Waals surface area contributed by atoms with Crippen LogP contribution < -0.4 is 15.9 Å². The van der Waals surface area contributed by atoms with Gasteiger partial charge in [-0.3, -0.25) is 14.8 Å². The van der Waals surface area contributed by atoms with Crippen molar-refractivity contribution in [3.63, 3.8) is 0 Å². The smallest absolute Gasteiger partial charge is 0.252 e. The highest BCUT2D eigenvalue weighted by Crippen LogP contribution is 2.30. The van der Waals surface area contributed by atoms with Crippen LogP contribution in [0.3, 0.4) is 0 Å². The molecule has 1 amide bonds. The third-order valence-corrected chi connectivity index (χ3v) is 5.36. The fraction of sp³-hybridized carbons (Fsp3) is 0.625. The highest BCUT2D eigenvalue weighted by molar-refractivity contribution is 7.88. The molecule has 2 aliphatic heterocycles. The predicted octanol–water partition coefficient (Wildman–Crippen LogP) is -0.159. The van der Waals surface area contributed by atoms with E-state index >= 15 is 0 Å². The van der Waals surface area contributed by atoms with Crippen molar-refractivity contribution in [3.05, 3.63) is 23.5 Å². The quantitative estimate of drug-likeness (QED) is 0.559. The number of nitrogens with zero attached hydrogens (tertiary/aromatic N) is 2. The number of fused-ring (bicyclic) bond motifs is 1. The summed E-state index contributed by atoms with van der Waals surface area (Å²) in [5, 5.41) is 1.79. The van der Waals surface area contributed by atoms with Gasteiger partial charge in [0.1, 0.15) is 0 Å². The van der Waals surface area contributed by atoms with Gasteiger partial charge in [0, 0.05) is 31.7 Å². The Morgan fingerprint density at radius 1 is 1.58 bits per heavy atom. The number of allylic oxidation sites excluding steroid dienone is 1. The number of rotatable bonds is 7. The van der Waals surface area contributed by atoms with Crippen LogP contribution in [-0.4, -0.2) is 57.2 Å². The molecule has 2 rings (SSSR count). The van der Waals surface area contributed by atoms with Gasteiger partial charge < -0.3 is 15.9 Å². The van der Waals surface area contributed by atoms with Gasteiger partial charge in [0.05, 0.1) is 29.3 Å². The summed E-state index contributed by atoms with van der Waals surface area (Å²) in [5.41, 5.74) is 9.53. The Balaban J connectivity index is 2.33. The van der Waals surface area contributed by atoms with E-state index in [1.54, 1.807) is 12.1 Å². The number of sulfonamides is 1. The van der Waals surface area contributed by atoms with Gasteiger partial charge in [-0.25, -0.2) is 13.1 Å². The molecule has 26 heavy (non-hydrogen) atoms. The minimum Gasteiger partial charge on any atom is -0.365 e. The second-order valence-corrected chi connectivity index (χ2v) is 9.01. The SMILES string of the molecule is COC1CC=C2C(=N[C@H](C)C(C)(C)CNS(C)(=O)=O)C(C(N)=O)=CNN21. The lowest BCUT2D eigenvalue weighted by Crippen LogP contribution is -2.47. The molecular formula is C16H27N5O4S. The van der Waals surface area contributed by atoms with E-state index in [1.165, 1.54) is 6.20 Å². The first-order chi connectivity index (χ1) is 12.0. The molecule has 0 saturated carbocycles. The number of hydrogen-bond donors (Lipinski definition) is 3. The Kier molecular flexibility index (Phi) is 5.79. The number of nitrogens with two attached hydrogens (primary N) is 1. The van der Waals surface area contributed by atoms with Crippen molar-refractivity contribution < 1.29 is 17.9 Å². The molecule has 0 aromatic carbocycles. The number of carbonyl (C=O) groups is 1. The molecule has 2 atom stereocenters. The second-order valence-electron chi connectivity index (χ2n) is 7.17. The Bertz CT molecular complexity index is 770. The van der Waals surface area contributed by atoms with Gasteiger partial charge >= 0.3 is 0 Å². The van der Waals surface area contributed by atoms with E-state index < -0.39 is 21.3 Å². The number of carbonyl (C=O) groups excluding carboxylic acids is 1. The van der Waals surface area contributed by atoms with E-state index in [0.717, 1.165) is 12.0 Å². The number of ether oxygens (including phenoxy) is 1. The molecular weight excluding hydrogens is 358 g/mol. The van der Waals surface area contributed by atoms with Crippen LogP contribution in [0.4, 0.5) is 0 Å². The normalized spacial score (nSPS) is 23.2. The molecule has 0 bridgehead atoms. The number of nitrogens with one attached hydrogen (secondary N) is 2. The molecule has 10 heteroatoms. The fourth-order valence-electron chi connectivity index (χ4n) is 2.63. The summed E-state index contributed by atoms with van der Waals surface area (Å²) in [4.78, 5) is 16.6. The molecule has 0 spiro atoms. The van der Waals surface area contributed by atoms with Crippen LogP contribution in [0.15, 0.2) is 28.5 Å². The van der Waals surface area contributed by atoms with Crippen molar-refractivity contribution in [1.29, 1.82) is 0 Å². The molecule has 4 N–H and O–H groups in total. The summed E-state index contributed by atoms with van der Waals surface area (Å²) in [6.07, 6.45) is 5.02. The first-order valence-electron chi connectivity index (χ1n) is 8.28. The Morgan fingerprint density at radius 2 is 2.23 bits per heavy atom. The molecule has 0 saturated heterocycles. The monoisotopic (exact) mass is 385 g/mol. The maximum absolute atomic E-state index is 11.9. The topological polar surface area (TPSA) is 126 Å². The maximum atomic E-state index is 11.9. The molecule has 1 unspecified atom stereocenters. The minimum atomic E-state index is -3.30. The van der Waals surface area contributed by atoms with Crippen molar-refractivity contribution in [2.75, 3.05) is 19.9 Å². The van der Waals surface area contributed by atoms with Crippen molar-refractivity contribution in [2.45, 2.75) is 39.5 Å². The summed E-state index contributed by atoms with van der Waals surface area (Å²) in [6.45, 7) is 5.92. The summed E-state index contributed by atoms with van der Waals surface area (Å²) < 4.78 is 30.7. The molecule has 0 radical (unpaired) electrons. The largest absolute Gasteiger partial charge is 0.365 e. The van der Waals surface area contributed by atoms with Crippen LogP contribution in [0.25, 0.3) is 0 Å². The van der Waals surface area contributed by atoms with Crippen molar-refractivity contribution in [3.8, 4) is 0 Å². The van der Waals surface area contributed by atoms with Crippen LogP contribution in [0, 0.1) is 5.41 Å². The molecule has 2 aliphatic rings. The second kappa shape index (κ2) is 7.37. The molecule has 0 aliphatic carbocycles. The van der Waals surface area contributed by atoms with Gasteiger partial charge in [-0.15, -0.1) is 0 Å². The van der Waals surface area contributed by atoms with Gasteiger partial charge in [0.2, 0.25) is 10.0 Å². The van der Waals surface area contributed by atoms with E-state index in [0.29, 0.717) is 12.1 Å². The Morgan fingerprint density at radius 3 is 2.77 bits per heavy atom. The van der Waals surface area contributed by atoms with E-state index in [2.05, 4.69) is 10.1 Å². The molecule has 0 aromatic rings. The van der Waals surface area contributed by atoms with Crippen LogP contribution in [0.2, 0.25) is 0 Å². The number of hydrogen-bond acceptors (Lipinski definition) is 7. The summed E-state index contributed by atoms with van der Waals surface area (Å²) in [6, 6.07) is -0.281. The van der Waals surface area contributed by atoms with Crippen LogP contribution >= 0.6 is 0 Å². The molecule has 9 nitrogen and oxygen atoms in total. The first-order valence-corrected chi connectivity index (χ1v) is 10.2. The lowest BCUT2D eigenvalue weighted by Gasteiger charge is -2.35. The van der Waals surface area contributed by atoms with Crippen LogP contribution in [-0.2, 0) is 19.6 Å². The van der Waals surface area contributed by atoms with Gasteiger partial charge in [0.15, 0.2) is 6.23 Å². The Labute approximate surface area is 154 Å². The molecule has 0 fully saturated rings. The van der Waals surface area contributed by atoms with E-state index in [-0.39, 0.29) is 24.4 Å². The van der Waals surface area contributed by atoms with E-state index in [4.69, 9.17) is 15.5 Å². The van der Waals surface area contributed by atoms with Crippen LogP contribution in [0.1, 0.15) is 27.2 Å². The zero-order valence-electron chi connectivity index (χ0n) is 15.7. The summed E-state index contributed by atoms with van der Waals surface area (Å²) in [7, 11) is -1.70. The van der Waals surface area contributed by atoms with Gasteiger partial charge in [0.25, 0.3) is 5.91 Å². The van der Waals surface area contributed by atoms with Crippen molar-refractivity contribution in [2.24, 2.45) is 16.1 Å². The summed E-state index contributed by atoms with van der Waals surface area (Å²) >= 11 is 0. The average Bonchev–Trinajstić information content (AvgIpc) is 2.95. The zero-order chi connectivity index (χ0) is 19.7. The average molecular weight is 385 g/mol. The number of hydrazine groups is 1. The first kappa shape index (κ1) is 20.4. The van der Waals surface area contributed by atoms with Gasteiger partial charge in [-0.1, -0.05) is 19.9 Å². The lowest BCUT2D eigenvalue weighted by molar-refractivity contribution is -0.114. The number of amides is 1. The van der Waals surface area contributed by atoms with Gasteiger partial charge in [-0.05, 0) is 6.92 Å². The third kappa shape index (κ3) is 4.43.